The van der Waals surface area contributed by atoms with E-state index < -0.39 is 4.92 Å². The molecule has 0 aromatic heterocycles. The first-order chi connectivity index (χ1) is 10.5. The second kappa shape index (κ2) is 5.53. The van der Waals surface area contributed by atoms with Gasteiger partial charge >= 0.3 is 0 Å². The number of carbonyl (C=O) groups excluding carboxylic acids is 1. The lowest BCUT2D eigenvalue weighted by atomic mass is 10.1. The van der Waals surface area contributed by atoms with Crippen molar-refractivity contribution in [3.63, 3.8) is 0 Å². The van der Waals surface area contributed by atoms with Gasteiger partial charge in [-0.2, -0.15) is 0 Å². The lowest BCUT2D eigenvalue weighted by Gasteiger charge is -2.17. The van der Waals surface area contributed by atoms with Crippen molar-refractivity contribution in [3.8, 4) is 0 Å². The highest BCUT2D eigenvalue weighted by atomic mass is 79.9. The van der Waals surface area contributed by atoms with Gasteiger partial charge in [-0.15, -0.1) is 0 Å². The summed E-state index contributed by atoms with van der Waals surface area (Å²) in [5.41, 5.74) is 2.73. The highest BCUT2D eigenvalue weighted by molar-refractivity contribution is 9.10. The number of rotatable bonds is 2. The van der Waals surface area contributed by atoms with Crippen LogP contribution in [0.2, 0.25) is 0 Å². The summed E-state index contributed by atoms with van der Waals surface area (Å²) in [7, 11) is 0. The molecule has 112 valence electrons. The van der Waals surface area contributed by atoms with Gasteiger partial charge in [-0.05, 0) is 37.1 Å². The minimum atomic E-state index is -0.439. The number of nitrogens with zero attached hydrogens (tertiary/aromatic N) is 2. The third kappa shape index (κ3) is 2.50. The minimum Gasteiger partial charge on any atom is -0.302 e. The zero-order valence-corrected chi connectivity index (χ0v) is 13.5. The van der Waals surface area contributed by atoms with Gasteiger partial charge in [0, 0.05) is 22.6 Å². The number of halogens is 1. The Labute approximate surface area is 135 Å². The van der Waals surface area contributed by atoms with E-state index in [1.54, 1.807) is 12.1 Å². The monoisotopic (exact) mass is 360 g/mol. The number of hydrogen-bond acceptors (Lipinski definition) is 3. The van der Waals surface area contributed by atoms with Crippen molar-refractivity contribution in [1.82, 2.24) is 0 Å². The molecule has 0 saturated heterocycles. The molecular weight excluding hydrogens is 348 g/mol. The SMILES string of the molecule is Cc1cccc(C(=O)N2CCc3cc(Br)cc([N+](=O)[O-])c32)c1. The molecular formula is C16H13BrN2O3. The molecule has 22 heavy (non-hydrogen) atoms. The Kier molecular flexibility index (Phi) is 3.70. The Bertz CT molecular complexity index is 789. The van der Waals surface area contributed by atoms with Crippen LogP contribution in [0.1, 0.15) is 21.5 Å². The van der Waals surface area contributed by atoms with Gasteiger partial charge in [-0.1, -0.05) is 33.6 Å². The van der Waals surface area contributed by atoms with Crippen molar-refractivity contribution in [2.75, 3.05) is 11.4 Å². The third-order valence-corrected chi connectivity index (χ3v) is 4.17. The van der Waals surface area contributed by atoms with Crippen molar-refractivity contribution < 1.29 is 9.72 Å². The summed E-state index contributed by atoms with van der Waals surface area (Å²) in [6, 6.07) is 10.5. The zero-order valence-electron chi connectivity index (χ0n) is 11.9. The summed E-state index contributed by atoms with van der Waals surface area (Å²) in [6.07, 6.45) is 0.618. The Morgan fingerprint density at radius 2 is 2.09 bits per heavy atom. The Balaban J connectivity index is 2.07. The Hall–Kier alpha value is -2.21. The first kappa shape index (κ1) is 14.7. The molecule has 5 nitrogen and oxygen atoms in total. The van der Waals surface area contributed by atoms with Gasteiger partial charge in [-0.25, -0.2) is 0 Å². The van der Waals surface area contributed by atoms with Crippen molar-refractivity contribution in [1.29, 1.82) is 0 Å². The molecule has 0 bridgehead atoms. The number of nitro groups is 1. The summed E-state index contributed by atoms with van der Waals surface area (Å²) in [4.78, 5) is 25.1. The first-order valence-corrected chi connectivity index (χ1v) is 7.62. The number of benzene rings is 2. The van der Waals surface area contributed by atoms with Crippen LogP contribution in [0.3, 0.4) is 0 Å². The summed E-state index contributed by atoms with van der Waals surface area (Å²) < 4.78 is 0.655. The van der Waals surface area contributed by atoms with Crippen LogP contribution in [-0.2, 0) is 6.42 Å². The van der Waals surface area contributed by atoms with E-state index >= 15 is 0 Å². The maximum Gasteiger partial charge on any atom is 0.294 e. The average Bonchev–Trinajstić information content (AvgIpc) is 2.89. The van der Waals surface area contributed by atoms with E-state index in [0.29, 0.717) is 28.7 Å². The molecule has 0 fully saturated rings. The molecule has 2 aromatic carbocycles. The molecule has 1 amide bonds. The van der Waals surface area contributed by atoms with Crippen LogP contribution in [0, 0.1) is 17.0 Å². The van der Waals surface area contributed by atoms with E-state index in [1.165, 1.54) is 11.0 Å². The van der Waals surface area contributed by atoms with Crippen LogP contribution in [0.25, 0.3) is 0 Å². The maximum absolute atomic E-state index is 12.7. The van der Waals surface area contributed by atoms with Crippen LogP contribution in [0.4, 0.5) is 11.4 Å². The molecule has 0 atom stereocenters. The van der Waals surface area contributed by atoms with E-state index in [1.807, 2.05) is 25.1 Å². The third-order valence-electron chi connectivity index (χ3n) is 3.72. The number of anilines is 1. The van der Waals surface area contributed by atoms with Crippen molar-refractivity contribution >= 4 is 33.2 Å². The predicted molar refractivity (Wildman–Crippen MR) is 87.4 cm³/mol. The predicted octanol–water partition coefficient (Wildman–Crippen LogP) is 3.87. The number of aryl methyl sites for hydroxylation is 1. The topological polar surface area (TPSA) is 63.5 Å². The smallest absolute Gasteiger partial charge is 0.294 e. The largest absolute Gasteiger partial charge is 0.302 e. The number of carbonyl (C=O) groups is 1. The highest BCUT2D eigenvalue weighted by Gasteiger charge is 2.33. The fourth-order valence-corrected chi connectivity index (χ4v) is 3.26. The average molecular weight is 361 g/mol. The second-order valence-corrected chi connectivity index (χ2v) is 6.18. The van der Waals surface area contributed by atoms with Gasteiger partial charge in [0.15, 0.2) is 0 Å². The Morgan fingerprint density at radius 3 is 2.77 bits per heavy atom. The van der Waals surface area contributed by atoms with Gasteiger partial charge < -0.3 is 4.90 Å². The van der Waals surface area contributed by atoms with Crippen LogP contribution >= 0.6 is 15.9 Å². The molecule has 0 aliphatic carbocycles. The summed E-state index contributed by atoms with van der Waals surface area (Å²) in [6.45, 7) is 2.37. The standard InChI is InChI=1S/C16H13BrN2O3/c1-10-3-2-4-12(7-10)16(20)18-6-5-11-8-13(17)9-14(15(11)18)19(21)22/h2-4,7-9H,5-6H2,1H3. The van der Waals surface area contributed by atoms with Crippen LogP contribution in [-0.4, -0.2) is 17.4 Å². The van der Waals surface area contributed by atoms with Crippen molar-refractivity contribution in [2.45, 2.75) is 13.3 Å². The van der Waals surface area contributed by atoms with Gasteiger partial charge in [0.25, 0.3) is 11.6 Å². The maximum atomic E-state index is 12.7. The molecule has 0 N–H and O–H groups in total. The normalized spacial score (nSPS) is 13.1. The van der Waals surface area contributed by atoms with E-state index in [2.05, 4.69) is 15.9 Å². The summed E-state index contributed by atoms with van der Waals surface area (Å²) in [5.74, 6) is -0.201. The van der Waals surface area contributed by atoms with E-state index in [4.69, 9.17) is 0 Å². The molecule has 1 aliphatic rings. The fraction of sp³-hybridized carbons (Fsp3) is 0.188. The molecule has 6 heteroatoms. The second-order valence-electron chi connectivity index (χ2n) is 5.27. The molecule has 0 radical (unpaired) electrons. The van der Waals surface area contributed by atoms with Gasteiger partial charge in [0.2, 0.25) is 0 Å². The fourth-order valence-electron chi connectivity index (χ4n) is 2.76. The van der Waals surface area contributed by atoms with Crippen LogP contribution in [0.15, 0.2) is 40.9 Å². The quantitative estimate of drug-likeness (QED) is 0.603. The number of amides is 1. The molecule has 1 heterocycles. The molecule has 3 rings (SSSR count). The molecule has 1 aliphatic heterocycles. The number of fused-ring (bicyclic) bond motifs is 1. The van der Waals surface area contributed by atoms with Gasteiger partial charge in [-0.3, -0.25) is 14.9 Å². The number of hydrogen-bond donors (Lipinski definition) is 0. The van der Waals surface area contributed by atoms with E-state index in [-0.39, 0.29) is 11.6 Å². The molecule has 0 unspecified atom stereocenters. The Morgan fingerprint density at radius 1 is 1.32 bits per heavy atom. The molecule has 2 aromatic rings. The summed E-state index contributed by atoms with van der Waals surface area (Å²) in [5, 5.41) is 11.3. The van der Waals surface area contributed by atoms with E-state index in [9.17, 15) is 14.9 Å². The van der Waals surface area contributed by atoms with Crippen molar-refractivity contribution in [2.24, 2.45) is 0 Å². The van der Waals surface area contributed by atoms with Crippen molar-refractivity contribution in [3.05, 3.63) is 67.7 Å². The van der Waals surface area contributed by atoms with Gasteiger partial charge in [0.05, 0.1) is 4.92 Å². The number of nitro benzene ring substituents is 1. The first-order valence-electron chi connectivity index (χ1n) is 6.82. The molecule has 0 saturated carbocycles. The minimum absolute atomic E-state index is 0.0390. The lowest BCUT2D eigenvalue weighted by molar-refractivity contribution is -0.384. The molecule has 0 spiro atoms. The van der Waals surface area contributed by atoms with E-state index in [0.717, 1.165) is 11.1 Å². The zero-order chi connectivity index (χ0) is 15.9. The highest BCUT2D eigenvalue weighted by Crippen LogP contribution is 2.40. The van der Waals surface area contributed by atoms with Crippen LogP contribution < -0.4 is 4.90 Å². The van der Waals surface area contributed by atoms with Crippen LogP contribution in [0.5, 0.6) is 0 Å². The van der Waals surface area contributed by atoms with Gasteiger partial charge in [0.1, 0.15) is 5.69 Å². The summed E-state index contributed by atoms with van der Waals surface area (Å²) >= 11 is 3.29. The lowest BCUT2D eigenvalue weighted by Crippen LogP contribution is -2.29.